The molecule has 2 aromatic carbocycles. The van der Waals surface area contributed by atoms with Gasteiger partial charge in [-0.1, -0.05) is 42.0 Å². The van der Waals surface area contributed by atoms with Crippen LogP contribution in [-0.4, -0.2) is 14.5 Å². The van der Waals surface area contributed by atoms with Gasteiger partial charge < -0.3 is 5.11 Å². The summed E-state index contributed by atoms with van der Waals surface area (Å²) in [4.78, 5) is 4.70. The van der Waals surface area contributed by atoms with Crippen LogP contribution in [0.15, 0.2) is 83.2 Å². The number of phenols is 1. The Morgan fingerprint density at radius 1 is 0.920 bits per heavy atom. The van der Waals surface area contributed by atoms with E-state index in [9.17, 15) is 5.11 Å². The molecule has 0 aliphatic heterocycles. The van der Waals surface area contributed by atoms with Crippen molar-refractivity contribution in [2.24, 2.45) is 10.2 Å². The summed E-state index contributed by atoms with van der Waals surface area (Å²) in [6, 6.07) is 20.7. The van der Waals surface area contributed by atoms with Crippen molar-refractivity contribution in [3.8, 4) is 17.0 Å². The van der Waals surface area contributed by atoms with Gasteiger partial charge in [0.15, 0.2) is 5.82 Å². The van der Waals surface area contributed by atoms with Crippen LogP contribution in [0.25, 0.3) is 16.9 Å². The van der Waals surface area contributed by atoms with Crippen molar-refractivity contribution in [3.05, 3.63) is 78.5 Å². The van der Waals surface area contributed by atoms with Crippen molar-refractivity contribution in [2.75, 3.05) is 0 Å². The zero-order valence-electron chi connectivity index (χ0n) is 13.7. The van der Waals surface area contributed by atoms with Gasteiger partial charge in [0.25, 0.3) is 0 Å². The van der Waals surface area contributed by atoms with Gasteiger partial charge in [-0.25, -0.2) is 4.98 Å². The first kappa shape index (κ1) is 15.1. The standard InChI is InChI=1S/C20H16N4O/c1-14-8-10-15(11-9-14)19-20(24-12-3-2-7-18(24)21-19)23-22-16-5-4-6-17(25)13-16/h2-13,25H,1H3. The molecule has 1 N–H and O–H groups in total. The molecule has 5 heteroatoms. The molecule has 0 atom stereocenters. The number of azo groups is 1. The van der Waals surface area contributed by atoms with Gasteiger partial charge in [0.1, 0.15) is 17.1 Å². The molecule has 5 nitrogen and oxygen atoms in total. The molecule has 0 aliphatic rings. The van der Waals surface area contributed by atoms with E-state index in [0.717, 1.165) is 16.9 Å². The van der Waals surface area contributed by atoms with E-state index in [1.807, 2.05) is 40.9 Å². The van der Waals surface area contributed by atoms with Gasteiger partial charge in [-0.15, -0.1) is 10.2 Å². The van der Waals surface area contributed by atoms with E-state index in [0.29, 0.717) is 11.5 Å². The minimum Gasteiger partial charge on any atom is -0.508 e. The molecule has 0 saturated carbocycles. The Morgan fingerprint density at radius 3 is 2.56 bits per heavy atom. The Morgan fingerprint density at radius 2 is 1.76 bits per heavy atom. The lowest BCUT2D eigenvalue weighted by Gasteiger charge is -2.00. The first-order valence-corrected chi connectivity index (χ1v) is 7.95. The molecule has 2 aromatic heterocycles. The molecule has 0 fully saturated rings. The van der Waals surface area contributed by atoms with Gasteiger partial charge >= 0.3 is 0 Å². The van der Waals surface area contributed by atoms with Gasteiger partial charge in [-0.2, -0.15) is 0 Å². The van der Waals surface area contributed by atoms with Gasteiger partial charge in [0.2, 0.25) is 0 Å². The lowest BCUT2D eigenvalue weighted by Crippen LogP contribution is -1.81. The van der Waals surface area contributed by atoms with E-state index in [1.54, 1.807) is 24.3 Å². The summed E-state index contributed by atoms with van der Waals surface area (Å²) >= 11 is 0. The van der Waals surface area contributed by atoms with E-state index in [2.05, 4.69) is 29.3 Å². The number of aryl methyl sites for hydroxylation is 1. The summed E-state index contributed by atoms with van der Waals surface area (Å²) in [6.45, 7) is 2.05. The number of rotatable bonds is 3. The number of pyridine rings is 1. The van der Waals surface area contributed by atoms with Crippen molar-refractivity contribution in [2.45, 2.75) is 6.92 Å². The quantitative estimate of drug-likeness (QED) is 0.510. The van der Waals surface area contributed by atoms with Gasteiger partial charge in [0, 0.05) is 17.8 Å². The monoisotopic (exact) mass is 328 g/mol. The highest BCUT2D eigenvalue weighted by atomic mass is 16.3. The highest BCUT2D eigenvalue weighted by Crippen LogP contribution is 2.32. The van der Waals surface area contributed by atoms with Gasteiger partial charge in [-0.05, 0) is 31.2 Å². The third-order valence-electron chi connectivity index (χ3n) is 3.92. The minimum atomic E-state index is 0.161. The van der Waals surface area contributed by atoms with Crippen LogP contribution in [-0.2, 0) is 0 Å². The summed E-state index contributed by atoms with van der Waals surface area (Å²) in [5.41, 5.74) is 4.34. The number of hydrogen-bond acceptors (Lipinski definition) is 4. The number of benzene rings is 2. The molecule has 0 saturated heterocycles. The van der Waals surface area contributed by atoms with Gasteiger partial charge in [0.05, 0.1) is 5.69 Å². The molecule has 4 rings (SSSR count). The summed E-state index contributed by atoms with van der Waals surface area (Å²) in [7, 11) is 0. The average molecular weight is 328 g/mol. The summed E-state index contributed by atoms with van der Waals surface area (Å²) in [5.74, 6) is 0.816. The van der Waals surface area contributed by atoms with Crippen LogP contribution < -0.4 is 0 Å². The molecule has 0 aliphatic carbocycles. The van der Waals surface area contributed by atoms with E-state index in [1.165, 1.54) is 5.56 Å². The van der Waals surface area contributed by atoms with Crippen LogP contribution in [0.4, 0.5) is 11.5 Å². The lowest BCUT2D eigenvalue weighted by atomic mass is 10.1. The van der Waals surface area contributed by atoms with Crippen LogP contribution in [0.5, 0.6) is 5.75 Å². The van der Waals surface area contributed by atoms with Crippen LogP contribution in [0, 0.1) is 6.92 Å². The van der Waals surface area contributed by atoms with Crippen molar-refractivity contribution >= 4 is 17.2 Å². The fourth-order valence-electron chi connectivity index (χ4n) is 2.64. The normalized spacial score (nSPS) is 11.4. The van der Waals surface area contributed by atoms with Crippen molar-refractivity contribution < 1.29 is 5.11 Å². The molecular formula is C20H16N4O. The maximum absolute atomic E-state index is 9.58. The minimum absolute atomic E-state index is 0.161. The maximum Gasteiger partial charge on any atom is 0.187 e. The van der Waals surface area contributed by atoms with E-state index >= 15 is 0 Å². The zero-order chi connectivity index (χ0) is 17.2. The zero-order valence-corrected chi connectivity index (χ0v) is 13.7. The number of aromatic nitrogens is 2. The fraction of sp³-hybridized carbons (Fsp3) is 0.0500. The van der Waals surface area contributed by atoms with Gasteiger partial charge in [-0.3, -0.25) is 4.40 Å². The molecule has 0 bridgehead atoms. The second-order valence-electron chi connectivity index (χ2n) is 5.80. The Labute approximate surface area is 144 Å². The van der Waals surface area contributed by atoms with Crippen molar-refractivity contribution in [1.29, 1.82) is 0 Å². The molecule has 0 spiro atoms. The number of phenolic OH excluding ortho intramolecular Hbond substituents is 1. The third-order valence-corrected chi connectivity index (χ3v) is 3.92. The molecule has 122 valence electrons. The number of nitrogens with zero attached hydrogens (tertiary/aromatic N) is 4. The largest absolute Gasteiger partial charge is 0.508 e. The third kappa shape index (κ3) is 2.99. The summed E-state index contributed by atoms with van der Waals surface area (Å²) in [5, 5.41) is 18.3. The maximum atomic E-state index is 9.58. The summed E-state index contributed by atoms with van der Waals surface area (Å²) in [6.07, 6.45) is 1.91. The molecule has 0 radical (unpaired) electrons. The highest BCUT2D eigenvalue weighted by Gasteiger charge is 2.13. The van der Waals surface area contributed by atoms with Crippen LogP contribution in [0.3, 0.4) is 0 Å². The van der Waals surface area contributed by atoms with Crippen LogP contribution >= 0.6 is 0 Å². The predicted molar refractivity (Wildman–Crippen MR) is 97.6 cm³/mol. The Hall–Kier alpha value is -3.47. The van der Waals surface area contributed by atoms with E-state index in [-0.39, 0.29) is 5.75 Å². The first-order chi connectivity index (χ1) is 12.2. The van der Waals surface area contributed by atoms with Crippen LogP contribution in [0.1, 0.15) is 5.56 Å². The molecule has 2 heterocycles. The summed E-state index contributed by atoms with van der Waals surface area (Å²) < 4.78 is 1.90. The Balaban J connectivity index is 1.86. The molecule has 4 aromatic rings. The molecule has 0 unspecified atom stereocenters. The lowest BCUT2D eigenvalue weighted by molar-refractivity contribution is 0.475. The predicted octanol–water partition coefficient (Wildman–Crippen LogP) is 5.43. The van der Waals surface area contributed by atoms with Crippen LogP contribution in [0.2, 0.25) is 0 Å². The fourth-order valence-corrected chi connectivity index (χ4v) is 2.64. The Bertz CT molecular complexity index is 1060. The molecule has 0 amide bonds. The first-order valence-electron chi connectivity index (χ1n) is 7.95. The topological polar surface area (TPSA) is 62.2 Å². The number of fused-ring (bicyclic) bond motifs is 1. The SMILES string of the molecule is Cc1ccc(-c2nc3ccccn3c2N=Nc2cccc(O)c2)cc1. The number of hydrogen-bond donors (Lipinski definition) is 1. The van der Waals surface area contributed by atoms with E-state index in [4.69, 9.17) is 4.98 Å². The second-order valence-corrected chi connectivity index (χ2v) is 5.80. The Kier molecular flexibility index (Phi) is 3.74. The van der Waals surface area contributed by atoms with E-state index < -0.39 is 0 Å². The average Bonchev–Trinajstić information content (AvgIpc) is 2.99. The van der Waals surface area contributed by atoms with Crippen molar-refractivity contribution in [1.82, 2.24) is 9.38 Å². The second kappa shape index (κ2) is 6.20. The number of aromatic hydroxyl groups is 1. The molecular weight excluding hydrogens is 312 g/mol. The smallest absolute Gasteiger partial charge is 0.187 e. The number of imidazole rings is 1. The molecule has 25 heavy (non-hydrogen) atoms. The van der Waals surface area contributed by atoms with Crippen molar-refractivity contribution in [3.63, 3.8) is 0 Å². The highest BCUT2D eigenvalue weighted by molar-refractivity contribution is 5.74.